The van der Waals surface area contributed by atoms with Gasteiger partial charge < -0.3 is 4.74 Å². The van der Waals surface area contributed by atoms with Gasteiger partial charge in [-0.2, -0.15) is 0 Å². The van der Waals surface area contributed by atoms with Gasteiger partial charge in [-0.15, -0.1) is 0 Å². The first kappa shape index (κ1) is 14.1. The Balaban J connectivity index is 2.36. The predicted octanol–water partition coefficient (Wildman–Crippen LogP) is 4.49. The van der Waals surface area contributed by atoms with Gasteiger partial charge in [0.25, 0.3) is 0 Å². The number of carbonyl (C=O) groups is 1. The molecule has 1 amide bonds. The minimum absolute atomic E-state index is 0.313. The molecular weight excluding hydrogens is 250 g/mol. The Labute approximate surface area is 119 Å². The molecule has 0 aliphatic heterocycles. The molecule has 0 aliphatic carbocycles. The molecule has 0 unspecified atom stereocenters. The van der Waals surface area contributed by atoms with Gasteiger partial charge in [-0.25, -0.2) is 9.69 Å². The number of anilines is 2. The summed E-state index contributed by atoms with van der Waals surface area (Å²) in [7, 11) is 0. The van der Waals surface area contributed by atoms with Crippen molar-refractivity contribution in [3.05, 3.63) is 67.1 Å². The zero-order valence-electron chi connectivity index (χ0n) is 11.6. The molecule has 0 saturated carbocycles. The first-order chi connectivity index (χ1) is 9.72. The second kappa shape index (κ2) is 6.75. The van der Waals surface area contributed by atoms with Crippen LogP contribution in [0, 0.1) is 13.8 Å². The molecule has 0 heterocycles. The number of carbonyl (C=O) groups excluding carboxylic acids is 1. The molecule has 3 heteroatoms. The molecule has 0 N–H and O–H groups in total. The maximum Gasteiger partial charge on any atom is 0.418 e. The summed E-state index contributed by atoms with van der Waals surface area (Å²) in [6.07, 6.45) is 0.174. The lowest BCUT2D eigenvalue weighted by atomic mass is 10.2. The molecule has 0 aliphatic rings. The molecule has 2 rings (SSSR count). The van der Waals surface area contributed by atoms with Crippen molar-refractivity contribution in [2.45, 2.75) is 13.3 Å². The van der Waals surface area contributed by atoms with E-state index in [9.17, 15) is 4.79 Å². The molecule has 0 fully saturated rings. The van der Waals surface area contributed by atoms with Crippen molar-refractivity contribution < 1.29 is 9.53 Å². The van der Waals surface area contributed by atoms with Crippen LogP contribution >= 0.6 is 0 Å². The van der Waals surface area contributed by atoms with Crippen molar-refractivity contribution >= 4 is 17.5 Å². The van der Waals surface area contributed by atoms with Crippen LogP contribution in [0.2, 0.25) is 0 Å². The summed E-state index contributed by atoms with van der Waals surface area (Å²) in [6.45, 7) is 5.99. The van der Waals surface area contributed by atoms with E-state index in [-0.39, 0.29) is 6.09 Å². The summed E-state index contributed by atoms with van der Waals surface area (Å²) in [6, 6.07) is 17.2. The topological polar surface area (TPSA) is 29.5 Å². The summed E-state index contributed by atoms with van der Waals surface area (Å²) >= 11 is 0. The van der Waals surface area contributed by atoms with Crippen molar-refractivity contribution in [3.63, 3.8) is 0 Å². The van der Waals surface area contributed by atoms with Gasteiger partial charge in [-0.05, 0) is 50.1 Å². The summed E-state index contributed by atoms with van der Waals surface area (Å²) < 4.78 is 5.23. The minimum Gasteiger partial charge on any atom is -0.449 e. The lowest BCUT2D eigenvalue weighted by Gasteiger charge is -2.22. The first-order valence-electron chi connectivity index (χ1n) is 6.60. The highest BCUT2D eigenvalue weighted by atomic mass is 16.6. The van der Waals surface area contributed by atoms with Crippen molar-refractivity contribution in [1.82, 2.24) is 0 Å². The third-order valence-electron chi connectivity index (χ3n) is 2.83. The Morgan fingerprint density at radius 2 is 1.80 bits per heavy atom. The summed E-state index contributed by atoms with van der Waals surface area (Å²) in [4.78, 5) is 13.9. The second-order valence-corrected chi connectivity index (χ2v) is 4.48. The van der Waals surface area contributed by atoms with Crippen LogP contribution in [0.15, 0.2) is 54.6 Å². The number of ether oxygens (including phenoxy) is 1. The van der Waals surface area contributed by atoms with Crippen LogP contribution in [0.25, 0.3) is 0 Å². The molecule has 0 aromatic heterocycles. The zero-order chi connectivity index (χ0) is 14.4. The second-order valence-electron chi connectivity index (χ2n) is 4.48. The van der Waals surface area contributed by atoms with Crippen LogP contribution in [0.5, 0.6) is 0 Å². The van der Waals surface area contributed by atoms with E-state index in [1.54, 1.807) is 4.90 Å². The highest BCUT2D eigenvalue weighted by molar-refractivity contribution is 5.96. The van der Waals surface area contributed by atoms with Gasteiger partial charge in [0.05, 0.1) is 18.0 Å². The van der Waals surface area contributed by atoms with Gasteiger partial charge in [-0.3, -0.25) is 0 Å². The molecule has 0 atom stereocenters. The number of hydrogen-bond acceptors (Lipinski definition) is 2. The molecule has 0 spiro atoms. The van der Waals surface area contributed by atoms with E-state index in [2.05, 4.69) is 6.92 Å². The van der Waals surface area contributed by atoms with Gasteiger partial charge in [0, 0.05) is 0 Å². The Kier molecular flexibility index (Phi) is 4.77. The first-order valence-corrected chi connectivity index (χ1v) is 6.60. The van der Waals surface area contributed by atoms with E-state index in [0.29, 0.717) is 13.0 Å². The highest BCUT2D eigenvalue weighted by Gasteiger charge is 2.19. The standard InChI is InChI=1S/C17H18NO2/c1-3-12-20-17(19)18(15-9-5-4-6-10-15)16-11-7-8-14(2)13-16/h4-11,13H,1,3,12H2,2H3. The Bertz CT molecular complexity index is 566. The number of rotatable bonds is 4. The van der Waals surface area contributed by atoms with Crippen LogP contribution in [0.4, 0.5) is 16.2 Å². The molecular formula is C17H18NO2. The molecule has 20 heavy (non-hydrogen) atoms. The smallest absolute Gasteiger partial charge is 0.418 e. The van der Waals surface area contributed by atoms with E-state index in [0.717, 1.165) is 16.9 Å². The number of nitrogens with zero attached hydrogens (tertiary/aromatic N) is 1. The highest BCUT2D eigenvalue weighted by Crippen LogP contribution is 2.26. The maximum atomic E-state index is 12.3. The maximum absolute atomic E-state index is 12.3. The van der Waals surface area contributed by atoms with E-state index < -0.39 is 0 Å². The Morgan fingerprint density at radius 3 is 2.45 bits per heavy atom. The summed E-state index contributed by atoms with van der Waals surface area (Å²) in [5.74, 6) is 0. The minimum atomic E-state index is -0.384. The van der Waals surface area contributed by atoms with Gasteiger partial charge in [0.15, 0.2) is 0 Å². The van der Waals surface area contributed by atoms with Crippen molar-refractivity contribution in [2.75, 3.05) is 11.5 Å². The normalized spacial score (nSPS) is 10.1. The van der Waals surface area contributed by atoms with Crippen LogP contribution in [-0.4, -0.2) is 12.7 Å². The monoisotopic (exact) mass is 268 g/mol. The van der Waals surface area contributed by atoms with E-state index in [1.165, 1.54) is 0 Å². The van der Waals surface area contributed by atoms with Crippen LogP contribution in [0.3, 0.4) is 0 Å². The van der Waals surface area contributed by atoms with Crippen LogP contribution in [-0.2, 0) is 4.74 Å². The molecule has 3 nitrogen and oxygen atoms in total. The van der Waals surface area contributed by atoms with Crippen LogP contribution in [0.1, 0.15) is 12.0 Å². The molecule has 0 bridgehead atoms. The quantitative estimate of drug-likeness (QED) is 0.817. The van der Waals surface area contributed by atoms with Gasteiger partial charge in [0.1, 0.15) is 0 Å². The average Bonchev–Trinajstić information content (AvgIpc) is 2.46. The van der Waals surface area contributed by atoms with Gasteiger partial charge in [-0.1, -0.05) is 30.3 Å². The fraction of sp³-hybridized carbons (Fsp3) is 0.176. The number of hydrogen-bond donors (Lipinski definition) is 0. The predicted molar refractivity (Wildman–Crippen MR) is 81.1 cm³/mol. The molecule has 103 valence electrons. The van der Waals surface area contributed by atoms with Gasteiger partial charge >= 0.3 is 6.09 Å². The molecule has 0 saturated heterocycles. The number of aryl methyl sites for hydroxylation is 1. The van der Waals surface area contributed by atoms with Gasteiger partial charge in [0.2, 0.25) is 0 Å². The largest absolute Gasteiger partial charge is 0.449 e. The average molecular weight is 268 g/mol. The van der Waals surface area contributed by atoms with E-state index in [4.69, 9.17) is 4.74 Å². The Morgan fingerprint density at radius 1 is 1.10 bits per heavy atom. The molecule has 2 aromatic rings. The van der Waals surface area contributed by atoms with Crippen molar-refractivity contribution in [1.29, 1.82) is 0 Å². The number of benzene rings is 2. The molecule has 2 aromatic carbocycles. The lowest BCUT2D eigenvalue weighted by Crippen LogP contribution is -2.27. The number of para-hydroxylation sites is 1. The Hall–Kier alpha value is -2.29. The number of amides is 1. The van der Waals surface area contributed by atoms with E-state index >= 15 is 0 Å². The summed E-state index contributed by atoms with van der Waals surface area (Å²) in [5.41, 5.74) is 2.67. The third-order valence-corrected chi connectivity index (χ3v) is 2.83. The van der Waals surface area contributed by atoms with Crippen LogP contribution < -0.4 is 4.90 Å². The third kappa shape index (κ3) is 3.38. The summed E-state index contributed by atoms with van der Waals surface area (Å²) in [5, 5.41) is 0. The zero-order valence-corrected chi connectivity index (χ0v) is 11.6. The SMILES string of the molecule is [CH2]CCOC(=O)N(c1ccccc1)c1cccc(C)c1. The van der Waals surface area contributed by atoms with Crippen molar-refractivity contribution in [2.24, 2.45) is 0 Å². The fourth-order valence-electron chi connectivity index (χ4n) is 1.93. The lowest BCUT2D eigenvalue weighted by molar-refractivity contribution is 0.158. The fourth-order valence-corrected chi connectivity index (χ4v) is 1.93. The van der Waals surface area contributed by atoms with Crippen molar-refractivity contribution in [3.8, 4) is 0 Å². The van der Waals surface area contributed by atoms with E-state index in [1.807, 2.05) is 61.5 Å². The molecule has 1 radical (unpaired) electrons.